The van der Waals surface area contributed by atoms with Crippen LogP contribution in [0.2, 0.25) is 0 Å². The van der Waals surface area contributed by atoms with Gasteiger partial charge in [0.05, 0.1) is 6.61 Å². The molecule has 0 saturated carbocycles. The fraction of sp³-hybridized carbons (Fsp3) is 0.538. The summed E-state index contributed by atoms with van der Waals surface area (Å²) in [6, 6.07) is 6.89. The van der Waals surface area contributed by atoms with E-state index in [1.807, 2.05) is 0 Å². The van der Waals surface area contributed by atoms with Gasteiger partial charge in [0, 0.05) is 4.47 Å². The monoisotopic (exact) mass is 340 g/mol. The number of hydrogen-bond donors (Lipinski definition) is 2. The van der Waals surface area contributed by atoms with Crippen LogP contribution in [0.15, 0.2) is 28.7 Å². The summed E-state index contributed by atoms with van der Waals surface area (Å²) in [5, 5.41) is 18.6. The molecule has 0 aliphatic carbocycles. The van der Waals surface area contributed by atoms with E-state index in [2.05, 4.69) is 15.9 Å². The Morgan fingerprint density at radius 3 is 2.11 bits per heavy atom. The number of hydrogen-bond acceptors (Lipinski definition) is 2. The number of aliphatic hydroxyl groups is 2. The number of rotatable bonds is 4. The lowest BCUT2D eigenvalue weighted by atomic mass is 9.75. The third kappa shape index (κ3) is 3.49. The van der Waals surface area contributed by atoms with Gasteiger partial charge in [0.15, 0.2) is 5.60 Å². The molecule has 0 aliphatic rings. The van der Waals surface area contributed by atoms with Crippen molar-refractivity contribution in [1.29, 1.82) is 0 Å². The van der Waals surface area contributed by atoms with E-state index in [1.54, 1.807) is 38.1 Å². The van der Waals surface area contributed by atoms with Crippen molar-refractivity contribution >= 4 is 15.9 Å². The summed E-state index contributed by atoms with van der Waals surface area (Å²) >= 11 is 3.29. The van der Waals surface area contributed by atoms with Gasteiger partial charge in [0.2, 0.25) is 0 Å². The van der Waals surface area contributed by atoms with Gasteiger partial charge in [-0.15, -0.1) is 0 Å². The molecule has 0 fully saturated rings. The Labute approximate surface area is 118 Å². The Morgan fingerprint density at radius 2 is 1.68 bits per heavy atom. The van der Waals surface area contributed by atoms with Crippen molar-refractivity contribution in [2.75, 3.05) is 6.61 Å². The summed E-state index contributed by atoms with van der Waals surface area (Å²) in [6.07, 6.45) is -5.50. The SMILES string of the molecule is CC(C)(C[C@@](O)(CO)C(F)(F)F)c1ccccc1Br. The predicted molar refractivity (Wildman–Crippen MR) is 69.9 cm³/mol. The zero-order valence-electron chi connectivity index (χ0n) is 10.6. The molecule has 0 bridgehead atoms. The smallest absolute Gasteiger partial charge is 0.393 e. The average Bonchev–Trinajstić information content (AvgIpc) is 2.27. The number of benzene rings is 1. The zero-order valence-corrected chi connectivity index (χ0v) is 12.2. The minimum absolute atomic E-state index is 0.622. The Morgan fingerprint density at radius 1 is 1.16 bits per heavy atom. The first-order valence-electron chi connectivity index (χ1n) is 5.68. The van der Waals surface area contributed by atoms with Crippen LogP contribution in [0.5, 0.6) is 0 Å². The molecule has 1 aromatic rings. The van der Waals surface area contributed by atoms with Crippen LogP contribution in [0.1, 0.15) is 25.8 Å². The molecule has 1 atom stereocenters. The first kappa shape index (κ1) is 16.5. The Bertz CT molecular complexity index is 446. The highest BCUT2D eigenvalue weighted by Gasteiger charge is 2.55. The van der Waals surface area contributed by atoms with Gasteiger partial charge in [-0.3, -0.25) is 0 Å². The first-order chi connectivity index (χ1) is 8.53. The van der Waals surface area contributed by atoms with E-state index in [4.69, 9.17) is 5.11 Å². The van der Waals surface area contributed by atoms with Crippen molar-refractivity contribution in [2.45, 2.75) is 37.5 Å². The molecule has 0 amide bonds. The standard InChI is InChI=1S/C13H16BrF3O2/c1-11(2,9-5-3-4-6-10(9)14)7-12(19,8-18)13(15,16)17/h3-6,18-19H,7-8H2,1-2H3/t12-/m1/s1. The van der Waals surface area contributed by atoms with Crippen LogP contribution in [0.4, 0.5) is 13.2 Å². The highest BCUT2D eigenvalue weighted by Crippen LogP contribution is 2.42. The average molecular weight is 341 g/mol. The fourth-order valence-corrected chi connectivity index (χ4v) is 2.90. The van der Waals surface area contributed by atoms with E-state index >= 15 is 0 Å². The largest absolute Gasteiger partial charge is 0.419 e. The van der Waals surface area contributed by atoms with Crippen LogP contribution in [0.25, 0.3) is 0 Å². The first-order valence-corrected chi connectivity index (χ1v) is 6.48. The summed E-state index contributed by atoms with van der Waals surface area (Å²) in [5.41, 5.74) is -3.41. The molecule has 0 heterocycles. The van der Waals surface area contributed by atoms with Gasteiger partial charge >= 0.3 is 6.18 Å². The van der Waals surface area contributed by atoms with Crippen LogP contribution < -0.4 is 0 Å². The molecule has 0 unspecified atom stereocenters. The maximum atomic E-state index is 12.8. The Hall–Kier alpha value is -0.590. The number of halogens is 4. The van der Waals surface area contributed by atoms with Crippen molar-refractivity contribution in [2.24, 2.45) is 0 Å². The minimum Gasteiger partial charge on any atom is -0.393 e. The van der Waals surface area contributed by atoms with Crippen LogP contribution in [0.3, 0.4) is 0 Å². The van der Waals surface area contributed by atoms with Gasteiger partial charge in [-0.25, -0.2) is 0 Å². The number of alkyl halides is 3. The molecular formula is C13H16BrF3O2. The summed E-state index contributed by atoms with van der Waals surface area (Å²) in [6.45, 7) is 1.84. The van der Waals surface area contributed by atoms with Crippen molar-refractivity contribution < 1.29 is 23.4 Å². The van der Waals surface area contributed by atoms with Crippen LogP contribution >= 0.6 is 15.9 Å². The molecule has 0 aromatic heterocycles. The molecule has 6 heteroatoms. The molecule has 19 heavy (non-hydrogen) atoms. The van der Waals surface area contributed by atoms with Crippen molar-refractivity contribution in [3.8, 4) is 0 Å². The Balaban J connectivity index is 3.12. The van der Waals surface area contributed by atoms with E-state index in [0.717, 1.165) is 0 Å². The van der Waals surface area contributed by atoms with Crippen LogP contribution in [-0.2, 0) is 5.41 Å². The van der Waals surface area contributed by atoms with E-state index in [0.29, 0.717) is 10.0 Å². The van der Waals surface area contributed by atoms with Gasteiger partial charge < -0.3 is 10.2 Å². The predicted octanol–water partition coefficient (Wildman–Crippen LogP) is 3.40. The van der Waals surface area contributed by atoms with Crippen molar-refractivity contribution in [1.82, 2.24) is 0 Å². The normalized spacial score (nSPS) is 16.2. The third-order valence-corrected chi connectivity index (χ3v) is 3.82. The molecule has 0 radical (unpaired) electrons. The molecule has 2 N–H and O–H groups in total. The van der Waals surface area contributed by atoms with Gasteiger partial charge in [-0.05, 0) is 23.5 Å². The second-order valence-corrected chi connectivity index (χ2v) is 6.08. The minimum atomic E-state index is -4.87. The molecule has 0 saturated heterocycles. The molecule has 2 nitrogen and oxygen atoms in total. The Kier molecular flexibility index (Phi) is 4.70. The van der Waals surface area contributed by atoms with E-state index in [9.17, 15) is 18.3 Å². The zero-order chi connectivity index (χ0) is 14.9. The topological polar surface area (TPSA) is 40.5 Å². The summed E-state index contributed by atoms with van der Waals surface area (Å²) < 4.78 is 39.2. The van der Waals surface area contributed by atoms with Gasteiger partial charge in [-0.1, -0.05) is 48.0 Å². The van der Waals surface area contributed by atoms with E-state index < -0.39 is 30.2 Å². The van der Waals surface area contributed by atoms with Crippen LogP contribution in [-0.4, -0.2) is 28.6 Å². The quantitative estimate of drug-likeness (QED) is 0.881. The molecule has 1 rings (SSSR count). The highest BCUT2D eigenvalue weighted by atomic mass is 79.9. The lowest BCUT2D eigenvalue weighted by Gasteiger charge is -2.37. The van der Waals surface area contributed by atoms with Crippen molar-refractivity contribution in [3.63, 3.8) is 0 Å². The summed E-state index contributed by atoms with van der Waals surface area (Å²) in [5.74, 6) is 0. The second-order valence-electron chi connectivity index (χ2n) is 5.23. The second kappa shape index (κ2) is 5.42. The van der Waals surface area contributed by atoms with Crippen molar-refractivity contribution in [3.05, 3.63) is 34.3 Å². The summed E-state index contributed by atoms with van der Waals surface area (Å²) in [7, 11) is 0. The van der Waals surface area contributed by atoms with Gasteiger partial charge in [-0.2, -0.15) is 13.2 Å². The maximum Gasteiger partial charge on any atom is 0.419 e. The van der Waals surface area contributed by atoms with E-state index in [1.165, 1.54) is 0 Å². The molecule has 0 aliphatic heterocycles. The highest BCUT2D eigenvalue weighted by molar-refractivity contribution is 9.10. The van der Waals surface area contributed by atoms with E-state index in [-0.39, 0.29) is 0 Å². The molecular weight excluding hydrogens is 325 g/mol. The summed E-state index contributed by atoms with van der Waals surface area (Å²) in [4.78, 5) is 0. The lowest BCUT2D eigenvalue weighted by Crippen LogP contribution is -2.52. The number of aliphatic hydroxyl groups excluding tert-OH is 1. The molecule has 1 aromatic carbocycles. The molecule has 0 spiro atoms. The van der Waals surface area contributed by atoms with Gasteiger partial charge in [0.1, 0.15) is 0 Å². The van der Waals surface area contributed by atoms with Gasteiger partial charge in [0.25, 0.3) is 0 Å². The molecule has 108 valence electrons. The third-order valence-electron chi connectivity index (χ3n) is 3.13. The maximum absolute atomic E-state index is 12.8. The lowest BCUT2D eigenvalue weighted by molar-refractivity contribution is -0.277. The van der Waals surface area contributed by atoms with Crippen LogP contribution in [0, 0.1) is 0 Å². The fourth-order valence-electron chi connectivity index (χ4n) is 2.08.